The molecule has 0 aliphatic heterocycles. The lowest BCUT2D eigenvalue weighted by atomic mass is 9.82. The number of hydrogen-bond acceptors (Lipinski definition) is 1. The summed E-state index contributed by atoms with van der Waals surface area (Å²) >= 11 is 18.2. The van der Waals surface area contributed by atoms with Crippen molar-refractivity contribution in [1.29, 1.82) is 0 Å². The Morgan fingerprint density at radius 1 is 0.952 bits per heavy atom. The van der Waals surface area contributed by atoms with Crippen LogP contribution in [0.3, 0.4) is 0 Å². The van der Waals surface area contributed by atoms with Crippen molar-refractivity contribution in [2.45, 2.75) is 26.2 Å². The third-order valence-corrected chi connectivity index (χ3v) is 4.03. The minimum absolute atomic E-state index is 0.155. The maximum absolute atomic E-state index is 12.9. The molecule has 0 aromatic heterocycles. The Kier molecular flexibility index (Phi) is 4.67. The van der Waals surface area contributed by atoms with Crippen LogP contribution in [0.4, 0.5) is 0 Å². The van der Waals surface area contributed by atoms with E-state index in [0.717, 1.165) is 5.56 Å². The summed E-state index contributed by atoms with van der Waals surface area (Å²) in [4.78, 5) is 12.9. The summed E-state index contributed by atoms with van der Waals surface area (Å²) in [7, 11) is 0. The highest BCUT2D eigenvalue weighted by atomic mass is 35.5. The van der Waals surface area contributed by atoms with Gasteiger partial charge in [-0.1, -0.05) is 79.8 Å². The molecule has 0 spiro atoms. The summed E-state index contributed by atoms with van der Waals surface area (Å²) in [6, 6.07) is 10.6. The Hall–Kier alpha value is -1.02. The summed E-state index contributed by atoms with van der Waals surface area (Å²) in [6.07, 6.45) is 0. The van der Waals surface area contributed by atoms with Crippen molar-refractivity contribution in [3.8, 4) is 0 Å². The summed E-state index contributed by atoms with van der Waals surface area (Å²) < 4.78 is 0. The van der Waals surface area contributed by atoms with Crippen LogP contribution in [0.2, 0.25) is 15.1 Å². The van der Waals surface area contributed by atoms with Gasteiger partial charge >= 0.3 is 0 Å². The maximum Gasteiger partial charge on any atom is 0.196 e. The molecule has 110 valence electrons. The van der Waals surface area contributed by atoms with Crippen LogP contribution in [-0.4, -0.2) is 5.78 Å². The Labute approximate surface area is 139 Å². The summed E-state index contributed by atoms with van der Waals surface area (Å²) in [6.45, 7) is 6.18. The molecule has 1 nitrogen and oxygen atoms in total. The normalized spacial score (nSPS) is 11.5. The van der Waals surface area contributed by atoms with Crippen LogP contribution in [0.25, 0.3) is 0 Å². The van der Waals surface area contributed by atoms with Gasteiger partial charge in [-0.15, -0.1) is 0 Å². The zero-order valence-electron chi connectivity index (χ0n) is 12.0. The average Bonchev–Trinajstić information content (AvgIpc) is 2.36. The molecule has 0 saturated heterocycles. The molecule has 0 radical (unpaired) electrons. The van der Waals surface area contributed by atoms with E-state index in [2.05, 4.69) is 20.8 Å². The van der Waals surface area contributed by atoms with Gasteiger partial charge in [0.15, 0.2) is 5.78 Å². The average molecular weight is 342 g/mol. The quantitative estimate of drug-likeness (QED) is 0.596. The van der Waals surface area contributed by atoms with E-state index in [0.29, 0.717) is 16.1 Å². The van der Waals surface area contributed by atoms with E-state index in [1.165, 1.54) is 12.1 Å². The highest BCUT2D eigenvalue weighted by molar-refractivity contribution is 6.43. The van der Waals surface area contributed by atoms with Crippen LogP contribution in [-0.2, 0) is 5.41 Å². The van der Waals surface area contributed by atoms with E-state index >= 15 is 0 Å². The fourth-order valence-corrected chi connectivity index (χ4v) is 3.22. The van der Waals surface area contributed by atoms with E-state index in [4.69, 9.17) is 34.8 Å². The number of ketones is 1. The number of carbonyl (C=O) groups excluding carboxylic acids is 1. The van der Waals surface area contributed by atoms with E-state index in [1.54, 1.807) is 6.07 Å². The molecule has 0 N–H and O–H groups in total. The first kappa shape index (κ1) is 16.4. The van der Waals surface area contributed by atoms with Crippen LogP contribution < -0.4 is 0 Å². The fourth-order valence-electron chi connectivity index (χ4n) is 2.23. The fraction of sp³-hybridized carbons (Fsp3) is 0.235. The molecule has 21 heavy (non-hydrogen) atoms. The van der Waals surface area contributed by atoms with E-state index in [9.17, 15) is 4.79 Å². The molecule has 2 aromatic carbocycles. The van der Waals surface area contributed by atoms with Crippen LogP contribution in [0.15, 0.2) is 36.4 Å². The van der Waals surface area contributed by atoms with Crippen molar-refractivity contribution < 1.29 is 4.79 Å². The van der Waals surface area contributed by atoms with Crippen LogP contribution in [0.1, 0.15) is 42.3 Å². The molecule has 0 saturated carbocycles. The number of rotatable bonds is 2. The number of halogens is 3. The van der Waals surface area contributed by atoms with Crippen molar-refractivity contribution in [1.82, 2.24) is 0 Å². The topological polar surface area (TPSA) is 17.1 Å². The summed E-state index contributed by atoms with van der Waals surface area (Å²) in [5.74, 6) is -0.188. The van der Waals surface area contributed by atoms with Gasteiger partial charge in [0.05, 0.1) is 15.6 Å². The van der Waals surface area contributed by atoms with Crippen LogP contribution >= 0.6 is 34.8 Å². The second kappa shape index (κ2) is 6.00. The Morgan fingerprint density at radius 3 is 2.00 bits per heavy atom. The number of carbonyl (C=O) groups is 1. The monoisotopic (exact) mass is 340 g/mol. The second-order valence-electron chi connectivity index (χ2n) is 5.87. The van der Waals surface area contributed by atoms with Gasteiger partial charge in [-0.05, 0) is 23.1 Å². The highest BCUT2D eigenvalue weighted by Gasteiger charge is 2.24. The lowest BCUT2D eigenvalue weighted by molar-refractivity contribution is 0.103. The summed E-state index contributed by atoms with van der Waals surface area (Å²) in [5, 5.41) is 0.938. The predicted octanol–water partition coefficient (Wildman–Crippen LogP) is 6.18. The first-order valence-electron chi connectivity index (χ1n) is 6.50. The molecule has 2 rings (SSSR count). The van der Waals surface area contributed by atoms with Crippen molar-refractivity contribution in [2.24, 2.45) is 0 Å². The second-order valence-corrected chi connectivity index (χ2v) is 7.12. The van der Waals surface area contributed by atoms with Crippen LogP contribution in [0.5, 0.6) is 0 Å². The van der Waals surface area contributed by atoms with Crippen molar-refractivity contribution in [2.75, 3.05) is 0 Å². The molecule has 0 unspecified atom stereocenters. The molecule has 2 aromatic rings. The first-order valence-corrected chi connectivity index (χ1v) is 7.64. The van der Waals surface area contributed by atoms with Gasteiger partial charge in [-0.25, -0.2) is 0 Å². The van der Waals surface area contributed by atoms with Crippen molar-refractivity contribution in [3.63, 3.8) is 0 Å². The predicted molar refractivity (Wildman–Crippen MR) is 90.0 cm³/mol. The summed E-state index contributed by atoms with van der Waals surface area (Å²) in [5.41, 5.74) is 1.70. The molecule has 0 heterocycles. The first-order chi connectivity index (χ1) is 9.71. The Morgan fingerprint density at radius 2 is 1.48 bits per heavy atom. The molecule has 0 aliphatic rings. The molecule has 4 heteroatoms. The number of benzene rings is 2. The molecular weight excluding hydrogens is 327 g/mol. The molecule has 0 fully saturated rings. The van der Waals surface area contributed by atoms with Gasteiger partial charge in [0.2, 0.25) is 0 Å². The maximum atomic E-state index is 12.9. The largest absolute Gasteiger partial charge is 0.288 e. The van der Waals surface area contributed by atoms with Gasteiger partial charge < -0.3 is 0 Å². The van der Waals surface area contributed by atoms with Gasteiger partial charge in [-0.3, -0.25) is 4.79 Å². The molecule has 0 amide bonds. The molecule has 0 aliphatic carbocycles. The minimum Gasteiger partial charge on any atom is -0.288 e. The van der Waals surface area contributed by atoms with E-state index in [-0.39, 0.29) is 21.2 Å². The number of hydrogen-bond donors (Lipinski definition) is 0. The lowest BCUT2D eigenvalue weighted by Gasteiger charge is -2.22. The lowest BCUT2D eigenvalue weighted by Crippen LogP contribution is -2.17. The zero-order valence-corrected chi connectivity index (χ0v) is 14.3. The third-order valence-electron chi connectivity index (χ3n) is 3.21. The Balaban J connectivity index is 2.62. The zero-order chi connectivity index (χ0) is 15.8. The van der Waals surface area contributed by atoms with Gasteiger partial charge in [0.25, 0.3) is 0 Å². The molecule has 0 atom stereocenters. The minimum atomic E-state index is -0.188. The molecular formula is C17H15Cl3O. The smallest absolute Gasteiger partial charge is 0.196 e. The van der Waals surface area contributed by atoms with Gasteiger partial charge in [0, 0.05) is 10.6 Å². The van der Waals surface area contributed by atoms with E-state index in [1.807, 2.05) is 18.2 Å². The SMILES string of the molecule is CC(C)(C)c1ccccc1C(=O)c1c(Cl)cc(Cl)cc1Cl. The van der Waals surface area contributed by atoms with Gasteiger partial charge in [-0.2, -0.15) is 0 Å². The van der Waals surface area contributed by atoms with Crippen molar-refractivity contribution >= 4 is 40.6 Å². The third kappa shape index (κ3) is 3.42. The standard InChI is InChI=1S/C17H15Cl3O/c1-17(2,3)12-7-5-4-6-11(12)16(21)15-13(19)8-10(18)9-14(15)20/h4-9H,1-3H3. The van der Waals surface area contributed by atoms with Crippen LogP contribution in [0, 0.1) is 0 Å². The van der Waals surface area contributed by atoms with Gasteiger partial charge in [0.1, 0.15) is 0 Å². The highest BCUT2D eigenvalue weighted by Crippen LogP contribution is 2.33. The van der Waals surface area contributed by atoms with E-state index < -0.39 is 0 Å². The van der Waals surface area contributed by atoms with Crippen molar-refractivity contribution in [3.05, 3.63) is 68.2 Å². The Bertz CT molecular complexity index is 676. The molecule has 0 bridgehead atoms.